The summed E-state index contributed by atoms with van der Waals surface area (Å²) in [6.45, 7) is 4.32. The van der Waals surface area contributed by atoms with E-state index in [-0.39, 0.29) is 23.2 Å². The Morgan fingerprint density at radius 1 is 1.19 bits per heavy atom. The summed E-state index contributed by atoms with van der Waals surface area (Å²) in [5.41, 5.74) is 1.18. The van der Waals surface area contributed by atoms with Gasteiger partial charge in [-0.25, -0.2) is 10.0 Å². The van der Waals surface area contributed by atoms with Crippen LogP contribution in [0.4, 0.5) is 5.82 Å². The van der Waals surface area contributed by atoms with Gasteiger partial charge in [0.25, 0.3) is 5.91 Å². The number of aromatic amines is 1. The number of carbonyl (C=O) groups excluding carboxylic acids is 2. The Hall–Kier alpha value is -2.48. The molecular weight excluding hydrogens is 412 g/mol. The van der Waals surface area contributed by atoms with Gasteiger partial charge in [0.05, 0.1) is 22.5 Å². The average Bonchev–Trinajstić information content (AvgIpc) is 3.17. The van der Waals surface area contributed by atoms with Crippen LogP contribution in [-0.4, -0.2) is 57.0 Å². The van der Waals surface area contributed by atoms with Crippen molar-refractivity contribution >= 4 is 27.7 Å². The first-order valence-electron chi connectivity index (χ1n) is 10.6. The van der Waals surface area contributed by atoms with Gasteiger partial charge in [-0.2, -0.15) is 5.10 Å². The molecule has 4 rings (SSSR count). The van der Waals surface area contributed by atoms with Gasteiger partial charge in [-0.1, -0.05) is 18.2 Å². The number of nitrogens with one attached hydrogen (secondary N) is 2. The monoisotopic (exact) mass is 444 g/mol. The third kappa shape index (κ3) is 3.60. The van der Waals surface area contributed by atoms with Crippen molar-refractivity contribution in [1.82, 2.24) is 15.1 Å². The largest absolute Gasteiger partial charge is 0.484 e. The highest BCUT2D eigenvalue weighted by Gasteiger charge is 2.51. The second kappa shape index (κ2) is 7.58. The lowest BCUT2D eigenvalue weighted by Crippen LogP contribution is -2.51. The van der Waals surface area contributed by atoms with E-state index in [1.54, 1.807) is 4.90 Å². The minimum absolute atomic E-state index is 0.0384. The van der Waals surface area contributed by atoms with E-state index in [1.165, 1.54) is 0 Å². The number of fused-ring (bicyclic) bond motifs is 1. The number of carbonyl (C=O) groups is 2. The van der Waals surface area contributed by atoms with Crippen molar-refractivity contribution in [2.45, 2.75) is 49.9 Å². The molecule has 168 valence electrons. The Balaban J connectivity index is 1.49. The van der Waals surface area contributed by atoms with Gasteiger partial charge in [-0.05, 0) is 64.0 Å². The predicted octanol–water partition coefficient (Wildman–Crippen LogP) is 3.62. The van der Waals surface area contributed by atoms with Crippen molar-refractivity contribution < 1.29 is 14.3 Å². The molecule has 7 nitrogen and oxygen atoms in total. The first-order valence-corrected chi connectivity index (χ1v) is 13.5. The smallest absolute Gasteiger partial charge is 0.261 e. The topological polar surface area (TPSA) is 87.3 Å². The zero-order valence-electron chi connectivity index (χ0n) is 18.9. The minimum atomic E-state index is -1.06. The van der Waals surface area contributed by atoms with Crippen molar-refractivity contribution in [2.24, 2.45) is 0 Å². The Morgan fingerprint density at radius 3 is 2.45 bits per heavy atom. The summed E-state index contributed by atoms with van der Waals surface area (Å²) in [6, 6.07) is 9.31. The molecule has 2 aliphatic rings. The number of anilines is 1. The first kappa shape index (κ1) is 21.7. The third-order valence-electron chi connectivity index (χ3n) is 6.86. The number of rotatable bonds is 6. The van der Waals surface area contributed by atoms with E-state index in [0.717, 1.165) is 30.5 Å². The third-order valence-corrected chi connectivity index (χ3v) is 9.79. The molecule has 0 atom stereocenters. The molecule has 0 saturated heterocycles. The highest BCUT2D eigenvalue weighted by molar-refractivity contribution is 8.33. The number of H-pyrrole nitrogens is 1. The summed E-state index contributed by atoms with van der Waals surface area (Å²) in [7, 11) is -1.06. The fourth-order valence-electron chi connectivity index (χ4n) is 4.60. The Kier molecular flexibility index (Phi) is 5.32. The highest BCUT2D eigenvalue weighted by Crippen LogP contribution is 2.60. The summed E-state index contributed by atoms with van der Waals surface area (Å²) in [6.07, 6.45) is 9.56. The van der Waals surface area contributed by atoms with Gasteiger partial charge in [-0.15, -0.1) is 0 Å². The number of ether oxygens (including phenoxy) is 1. The standard InChI is InChI=1S/C23H32N4O3S/c1-22(2)19-17(14-27(22)18(28)15-30-16-10-7-6-8-11-16)20(26-25-19)24-21(29)23(12-9-13-23)31(3,4)5/h6-8,10-11H,9,12-15H2,1-5H3,(H2,24,25,26,29). The maximum Gasteiger partial charge on any atom is 0.261 e. The van der Waals surface area contributed by atoms with Gasteiger partial charge in [-0.3, -0.25) is 14.7 Å². The normalized spacial score (nSPS) is 19.3. The van der Waals surface area contributed by atoms with Crippen LogP contribution in [0.2, 0.25) is 0 Å². The first-order chi connectivity index (χ1) is 14.6. The van der Waals surface area contributed by atoms with E-state index < -0.39 is 15.6 Å². The van der Waals surface area contributed by atoms with Crippen LogP contribution >= 0.6 is 10.0 Å². The Morgan fingerprint density at radius 2 is 1.87 bits per heavy atom. The zero-order valence-corrected chi connectivity index (χ0v) is 19.8. The van der Waals surface area contributed by atoms with Crippen LogP contribution in [0, 0.1) is 0 Å². The maximum absolute atomic E-state index is 13.3. The van der Waals surface area contributed by atoms with Crippen molar-refractivity contribution in [1.29, 1.82) is 0 Å². The molecule has 1 fully saturated rings. The van der Waals surface area contributed by atoms with E-state index in [1.807, 2.05) is 44.2 Å². The molecule has 2 amide bonds. The van der Waals surface area contributed by atoms with Gasteiger partial charge in [0.1, 0.15) is 5.75 Å². The lowest BCUT2D eigenvalue weighted by molar-refractivity contribution is -0.138. The highest BCUT2D eigenvalue weighted by atomic mass is 32.3. The van der Waals surface area contributed by atoms with E-state index in [0.29, 0.717) is 18.1 Å². The number of nitrogens with zero attached hydrogens (tertiary/aromatic N) is 2. The van der Waals surface area contributed by atoms with Crippen molar-refractivity contribution in [3.63, 3.8) is 0 Å². The molecule has 0 spiro atoms. The molecule has 8 heteroatoms. The predicted molar refractivity (Wildman–Crippen MR) is 125 cm³/mol. The lowest BCUT2D eigenvalue weighted by Gasteiger charge is -2.53. The molecule has 2 N–H and O–H groups in total. The second-order valence-corrected chi connectivity index (χ2v) is 14.2. The van der Waals surface area contributed by atoms with Crippen LogP contribution in [0.5, 0.6) is 5.75 Å². The van der Waals surface area contributed by atoms with Crippen LogP contribution in [-0.2, 0) is 21.7 Å². The van der Waals surface area contributed by atoms with Crippen molar-refractivity contribution in [2.75, 3.05) is 30.7 Å². The second-order valence-electron chi connectivity index (χ2n) is 9.71. The van der Waals surface area contributed by atoms with Crippen LogP contribution < -0.4 is 10.1 Å². The fourth-order valence-corrected chi connectivity index (χ4v) is 6.72. The van der Waals surface area contributed by atoms with E-state index in [4.69, 9.17) is 4.74 Å². The van der Waals surface area contributed by atoms with Gasteiger partial charge in [0.2, 0.25) is 5.91 Å². The molecule has 0 unspecified atom stereocenters. The van der Waals surface area contributed by atoms with Crippen LogP contribution in [0.15, 0.2) is 30.3 Å². The Bertz CT molecular complexity index is 990. The summed E-state index contributed by atoms with van der Waals surface area (Å²) in [5.74, 6) is 1.16. The molecule has 0 bridgehead atoms. The summed E-state index contributed by atoms with van der Waals surface area (Å²) in [5, 5.41) is 10.6. The zero-order chi connectivity index (χ0) is 22.4. The molecule has 2 heterocycles. The number of hydrogen-bond donors (Lipinski definition) is 2. The lowest BCUT2D eigenvalue weighted by atomic mass is 9.83. The number of benzene rings is 1. The molecule has 1 aromatic carbocycles. The molecule has 1 aliphatic heterocycles. The summed E-state index contributed by atoms with van der Waals surface area (Å²) in [4.78, 5) is 28.0. The van der Waals surface area contributed by atoms with Crippen molar-refractivity contribution in [3.8, 4) is 5.75 Å². The van der Waals surface area contributed by atoms with Gasteiger partial charge < -0.3 is 15.0 Å². The number of aromatic nitrogens is 2. The van der Waals surface area contributed by atoms with Crippen LogP contribution in [0.1, 0.15) is 44.4 Å². The quantitative estimate of drug-likeness (QED) is 0.712. The van der Waals surface area contributed by atoms with E-state index >= 15 is 0 Å². The molecule has 1 aliphatic carbocycles. The van der Waals surface area contributed by atoms with Crippen molar-refractivity contribution in [3.05, 3.63) is 41.6 Å². The number of hydrogen-bond acceptors (Lipinski definition) is 4. The van der Waals surface area contributed by atoms with E-state index in [2.05, 4.69) is 34.3 Å². The van der Waals surface area contributed by atoms with Crippen LogP contribution in [0.3, 0.4) is 0 Å². The Labute approximate surface area is 185 Å². The van der Waals surface area contributed by atoms with Gasteiger partial charge in [0, 0.05) is 5.56 Å². The molecule has 1 saturated carbocycles. The number of para-hydroxylation sites is 1. The summed E-state index contributed by atoms with van der Waals surface area (Å²) < 4.78 is 5.38. The SMILES string of the molecule is CC1(C)c2[nH]nc(NC(=O)C3(S(C)(C)C)CCC3)c2CN1C(=O)COc1ccccc1. The van der Waals surface area contributed by atoms with Gasteiger partial charge >= 0.3 is 0 Å². The summed E-state index contributed by atoms with van der Waals surface area (Å²) >= 11 is 0. The van der Waals surface area contributed by atoms with Crippen LogP contribution in [0.25, 0.3) is 0 Å². The molecule has 31 heavy (non-hydrogen) atoms. The minimum Gasteiger partial charge on any atom is -0.484 e. The molecule has 1 aromatic heterocycles. The molecule has 2 aromatic rings. The van der Waals surface area contributed by atoms with E-state index in [9.17, 15) is 9.59 Å². The molecule has 0 radical (unpaired) electrons. The maximum atomic E-state index is 13.3. The average molecular weight is 445 g/mol. The van der Waals surface area contributed by atoms with Gasteiger partial charge in [0.15, 0.2) is 12.4 Å². The molecular formula is C23H32N4O3S. The number of amides is 2. The fraction of sp³-hybridized carbons (Fsp3) is 0.522.